The van der Waals surface area contributed by atoms with Crippen molar-refractivity contribution in [2.24, 2.45) is 0 Å². The van der Waals surface area contributed by atoms with Gasteiger partial charge in [0.25, 0.3) is 0 Å². The predicted octanol–water partition coefficient (Wildman–Crippen LogP) is 0.537. The third kappa shape index (κ3) is 2.49. The van der Waals surface area contributed by atoms with Crippen LogP contribution in [0.15, 0.2) is 0 Å². The van der Waals surface area contributed by atoms with E-state index in [0.717, 1.165) is 25.7 Å². The van der Waals surface area contributed by atoms with Crippen LogP contribution in [-0.2, 0) is 9.53 Å². The summed E-state index contributed by atoms with van der Waals surface area (Å²) in [5.74, 6) is -0.112. The van der Waals surface area contributed by atoms with E-state index in [1.165, 1.54) is 0 Å². The Bertz CT molecular complexity index is 236. The van der Waals surface area contributed by atoms with Gasteiger partial charge in [-0.15, -0.1) is 0 Å². The van der Waals surface area contributed by atoms with Gasteiger partial charge in [-0.05, 0) is 32.6 Å². The van der Waals surface area contributed by atoms with Crippen molar-refractivity contribution < 1.29 is 14.6 Å². The van der Waals surface area contributed by atoms with Gasteiger partial charge in [-0.2, -0.15) is 0 Å². The molecule has 1 heterocycles. The molecule has 1 aliphatic carbocycles. The lowest BCUT2D eigenvalue weighted by Gasteiger charge is -2.40. The minimum Gasteiger partial charge on any atom is -0.463 e. The highest BCUT2D eigenvalue weighted by Gasteiger charge is 2.32. The van der Waals surface area contributed by atoms with Crippen LogP contribution >= 0.6 is 0 Å². The van der Waals surface area contributed by atoms with Crippen molar-refractivity contribution in [1.82, 2.24) is 4.90 Å². The second-order valence-electron chi connectivity index (χ2n) is 4.67. The molecule has 1 unspecified atom stereocenters. The fourth-order valence-corrected chi connectivity index (χ4v) is 2.54. The minimum absolute atomic E-state index is 0.112. The van der Waals surface area contributed by atoms with Crippen LogP contribution in [0.4, 0.5) is 0 Å². The van der Waals surface area contributed by atoms with Crippen molar-refractivity contribution in [3.05, 3.63) is 0 Å². The molecule has 86 valence electrons. The number of aliphatic hydroxyl groups excluding tert-OH is 1. The number of cyclic esters (lactones) is 1. The molecule has 2 fully saturated rings. The molecule has 0 spiro atoms. The molecule has 0 bridgehead atoms. The smallest absolute Gasteiger partial charge is 0.320 e. The Balaban J connectivity index is 1.93. The predicted molar refractivity (Wildman–Crippen MR) is 55.4 cm³/mol. The van der Waals surface area contributed by atoms with Gasteiger partial charge < -0.3 is 9.84 Å². The molecule has 1 saturated heterocycles. The zero-order chi connectivity index (χ0) is 10.8. The monoisotopic (exact) mass is 213 g/mol. The van der Waals surface area contributed by atoms with Gasteiger partial charge in [0.05, 0.1) is 12.6 Å². The molecule has 4 heteroatoms. The molecule has 0 aromatic heterocycles. The fourth-order valence-electron chi connectivity index (χ4n) is 2.54. The SMILES string of the molecule is CC1COC(=O)CN1C1CCC(O)CC1. The number of hydrogen-bond acceptors (Lipinski definition) is 4. The van der Waals surface area contributed by atoms with Crippen LogP contribution in [0, 0.1) is 0 Å². The first-order valence-electron chi connectivity index (χ1n) is 5.76. The van der Waals surface area contributed by atoms with Crippen molar-refractivity contribution in [3.8, 4) is 0 Å². The molecule has 2 aliphatic rings. The molecule has 1 N–H and O–H groups in total. The fraction of sp³-hybridized carbons (Fsp3) is 0.909. The van der Waals surface area contributed by atoms with E-state index < -0.39 is 0 Å². The van der Waals surface area contributed by atoms with Crippen LogP contribution in [-0.4, -0.2) is 47.3 Å². The van der Waals surface area contributed by atoms with E-state index in [9.17, 15) is 9.90 Å². The third-order valence-electron chi connectivity index (χ3n) is 3.50. The number of rotatable bonds is 1. The molecule has 1 aliphatic heterocycles. The van der Waals surface area contributed by atoms with Gasteiger partial charge >= 0.3 is 5.97 Å². The average Bonchev–Trinajstić information content (AvgIpc) is 2.23. The van der Waals surface area contributed by atoms with Crippen molar-refractivity contribution in [2.45, 2.75) is 50.8 Å². The Hall–Kier alpha value is -0.610. The second-order valence-corrected chi connectivity index (χ2v) is 4.67. The zero-order valence-corrected chi connectivity index (χ0v) is 9.19. The summed E-state index contributed by atoms with van der Waals surface area (Å²) in [6.45, 7) is 3.03. The van der Waals surface area contributed by atoms with Crippen LogP contribution in [0.3, 0.4) is 0 Å². The van der Waals surface area contributed by atoms with E-state index in [1.54, 1.807) is 0 Å². The number of hydrogen-bond donors (Lipinski definition) is 1. The quantitative estimate of drug-likeness (QED) is 0.646. The van der Waals surface area contributed by atoms with Crippen molar-refractivity contribution >= 4 is 5.97 Å². The summed E-state index contributed by atoms with van der Waals surface area (Å²) in [4.78, 5) is 13.4. The molecule has 2 rings (SSSR count). The summed E-state index contributed by atoms with van der Waals surface area (Å²) in [6, 6.07) is 0.777. The molecule has 0 amide bonds. The molecule has 15 heavy (non-hydrogen) atoms. The van der Waals surface area contributed by atoms with Gasteiger partial charge in [-0.3, -0.25) is 9.69 Å². The number of carbonyl (C=O) groups excluding carboxylic acids is 1. The summed E-state index contributed by atoms with van der Waals surface area (Å²) >= 11 is 0. The minimum atomic E-state index is -0.131. The lowest BCUT2D eigenvalue weighted by Crippen LogP contribution is -2.52. The molecule has 1 atom stereocenters. The topological polar surface area (TPSA) is 49.8 Å². The molecule has 4 nitrogen and oxygen atoms in total. The van der Waals surface area contributed by atoms with Gasteiger partial charge in [-0.25, -0.2) is 0 Å². The van der Waals surface area contributed by atoms with Crippen molar-refractivity contribution in [2.75, 3.05) is 13.2 Å². The van der Waals surface area contributed by atoms with Crippen LogP contribution in [0.2, 0.25) is 0 Å². The Labute approximate surface area is 90.2 Å². The van der Waals surface area contributed by atoms with E-state index in [1.807, 2.05) is 0 Å². The molecule has 0 aromatic carbocycles. The zero-order valence-electron chi connectivity index (χ0n) is 9.19. The first kappa shape index (κ1) is 10.9. The lowest BCUT2D eigenvalue weighted by atomic mass is 9.91. The van der Waals surface area contributed by atoms with Crippen LogP contribution in [0.25, 0.3) is 0 Å². The normalized spacial score (nSPS) is 38.8. The maximum absolute atomic E-state index is 11.2. The highest BCUT2D eigenvalue weighted by atomic mass is 16.5. The molecular formula is C11H19NO3. The number of ether oxygens (including phenoxy) is 1. The molecule has 0 aromatic rings. The van der Waals surface area contributed by atoms with E-state index in [0.29, 0.717) is 25.2 Å². The third-order valence-corrected chi connectivity index (χ3v) is 3.50. The molecule has 1 saturated carbocycles. The largest absolute Gasteiger partial charge is 0.463 e. The first-order valence-corrected chi connectivity index (χ1v) is 5.76. The Morgan fingerprint density at radius 1 is 1.33 bits per heavy atom. The number of morpholine rings is 1. The van der Waals surface area contributed by atoms with E-state index >= 15 is 0 Å². The van der Waals surface area contributed by atoms with Crippen LogP contribution < -0.4 is 0 Å². The van der Waals surface area contributed by atoms with Crippen molar-refractivity contribution in [3.63, 3.8) is 0 Å². The summed E-state index contributed by atoms with van der Waals surface area (Å²) in [7, 11) is 0. The second kappa shape index (κ2) is 4.49. The maximum atomic E-state index is 11.2. The van der Waals surface area contributed by atoms with Gasteiger partial charge in [0, 0.05) is 12.1 Å². The van der Waals surface area contributed by atoms with E-state index in [4.69, 9.17) is 4.74 Å². The molecular weight excluding hydrogens is 194 g/mol. The summed E-state index contributed by atoms with van der Waals surface area (Å²) < 4.78 is 5.00. The van der Waals surface area contributed by atoms with Gasteiger partial charge in [0.1, 0.15) is 6.61 Å². The first-order chi connectivity index (χ1) is 7.16. The van der Waals surface area contributed by atoms with Gasteiger partial charge in [0.15, 0.2) is 0 Å². The number of nitrogens with zero attached hydrogens (tertiary/aromatic N) is 1. The lowest BCUT2D eigenvalue weighted by molar-refractivity contribution is -0.156. The Morgan fingerprint density at radius 3 is 2.67 bits per heavy atom. The van der Waals surface area contributed by atoms with Crippen LogP contribution in [0.5, 0.6) is 0 Å². The number of aliphatic hydroxyl groups is 1. The summed E-state index contributed by atoms with van der Waals surface area (Å²) in [5, 5.41) is 9.43. The standard InChI is InChI=1S/C11H19NO3/c1-8-7-15-11(14)6-12(8)9-2-4-10(13)5-3-9/h8-10,13H,2-7H2,1H3. The summed E-state index contributed by atoms with van der Waals surface area (Å²) in [6.07, 6.45) is 3.59. The van der Waals surface area contributed by atoms with Gasteiger partial charge in [0.2, 0.25) is 0 Å². The van der Waals surface area contributed by atoms with E-state index in [2.05, 4.69) is 11.8 Å². The van der Waals surface area contributed by atoms with Gasteiger partial charge in [-0.1, -0.05) is 0 Å². The summed E-state index contributed by atoms with van der Waals surface area (Å²) in [5.41, 5.74) is 0. The Kier molecular flexibility index (Phi) is 3.26. The molecule has 0 radical (unpaired) electrons. The number of esters is 1. The number of carbonyl (C=O) groups is 1. The maximum Gasteiger partial charge on any atom is 0.320 e. The highest BCUT2D eigenvalue weighted by molar-refractivity contribution is 5.72. The van der Waals surface area contributed by atoms with E-state index in [-0.39, 0.29) is 12.1 Å². The Morgan fingerprint density at radius 2 is 2.00 bits per heavy atom. The average molecular weight is 213 g/mol. The van der Waals surface area contributed by atoms with Crippen LogP contribution in [0.1, 0.15) is 32.6 Å². The highest BCUT2D eigenvalue weighted by Crippen LogP contribution is 2.25. The van der Waals surface area contributed by atoms with Crippen molar-refractivity contribution in [1.29, 1.82) is 0 Å².